The molecular formula is C21H30. The lowest BCUT2D eigenvalue weighted by Crippen LogP contribution is -2.48. The third-order valence-electron chi connectivity index (χ3n) is 8.00. The summed E-state index contributed by atoms with van der Waals surface area (Å²) in [5, 5.41) is 0. The second-order valence-corrected chi connectivity index (χ2v) is 8.64. The Morgan fingerprint density at radius 1 is 1.14 bits per heavy atom. The van der Waals surface area contributed by atoms with E-state index in [2.05, 4.69) is 18.9 Å². The van der Waals surface area contributed by atoms with Gasteiger partial charge in [0.1, 0.15) is 0 Å². The van der Waals surface area contributed by atoms with E-state index in [4.69, 9.17) is 6.42 Å². The first-order valence-electron chi connectivity index (χ1n) is 9.33. The number of fused-ring (bicyclic) bond motifs is 5. The Morgan fingerprint density at radius 2 is 2.05 bits per heavy atom. The van der Waals surface area contributed by atoms with Gasteiger partial charge in [-0.25, -0.2) is 0 Å². The first kappa shape index (κ1) is 13.9. The molecule has 5 atom stereocenters. The summed E-state index contributed by atoms with van der Waals surface area (Å²) in [5.74, 6) is 5.89. The van der Waals surface area contributed by atoms with E-state index in [0.717, 1.165) is 24.2 Å². The normalized spacial score (nSPS) is 48.6. The minimum Gasteiger partial charge on any atom is -0.120 e. The van der Waals surface area contributed by atoms with Crippen molar-refractivity contribution < 1.29 is 0 Å². The van der Waals surface area contributed by atoms with E-state index in [1.165, 1.54) is 64.2 Å². The van der Waals surface area contributed by atoms with Gasteiger partial charge in [0, 0.05) is 6.42 Å². The molecule has 0 aromatic carbocycles. The topological polar surface area (TPSA) is 0 Å². The van der Waals surface area contributed by atoms with Gasteiger partial charge in [-0.1, -0.05) is 31.4 Å². The summed E-state index contributed by atoms with van der Waals surface area (Å²) in [4.78, 5) is 0. The number of allylic oxidation sites excluding steroid dienone is 2. The molecule has 3 saturated carbocycles. The van der Waals surface area contributed by atoms with E-state index in [0.29, 0.717) is 10.8 Å². The molecule has 0 heteroatoms. The maximum absolute atomic E-state index is 5.75. The Labute approximate surface area is 130 Å². The van der Waals surface area contributed by atoms with E-state index in [1.54, 1.807) is 0 Å². The van der Waals surface area contributed by atoms with E-state index in [9.17, 15) is 0 Å². The zero-order valence-electron chi connectivity index (χ0n) is 13.7. The molecule has 0 aromatic rings. The van der Waals surface area contributed by atoms with Crippen LogP contribution in [0, 0.1) is 40.9 Å². The van der Waals surface area contributed by atoms with Crippen LogP contribution in [0.4, 0.5) is 0 Å². The molecule has 4 aliphatic rings. The molecule has 0 unspecified atom stereocenters. The van der Waals surface area contributed by atoms with E-state index >= 15 is 0 Å². The zero-order chi connectivity index (χ0) is 14.5. The lowest BCUT2D eigenvalue weighted by atomic mass is 9.47. The largest absolute Gasteiger partial charge is 0.120 e. The van der Waals surface area contributed by atoms with E-state index in [1.807, 2.05) is 5.57 Å². The van der Waals surface area contributed by atoms with Crippen LogP contribution in [0.1, 0.15) is 77.6 Å². The van der Waals surface area contributed by atoms with Crippen LogP contribution in [-0.2, 0) is 0 Å². The maximum atomic E-state index is 5.75. The molecule has 114 valence electrons. The van der Waals surface area contributed by atoms with Crippen LogP contribution in [0.25, 0.3) is 0 Å². The molecule has 0 nitrogen and oxygen atoms in total. The van der Waals surface area contributed by atoms with Gasteiger partial charge in [-0.2, -0.15) is 0 Å². The van der Waals surface area contributed by atoms with Gasteiger partial charge in [0.05, 0.1) is 0 Å². The van der Waals surface area contributed by atoms with Gasteiger partial charge in [-0.15, -0.1) is 12.3 Å². The molecular weight excluding hydrogens is 252 g/mol. The van der Waals surface area contributed by atoms with Gasteiger partial charge in [-0.3, -0.25) is 0 Å². The van der Waals surface area contributed by atoms with E-state index < -0.39 is 0 Å². The number of rotatable bonds is 1. The first-order valence-corrected chi connectivity index (χ1v) is 9.33. The summed E-state index contributed by atoms with van der Waals surface area (Å²) in [6.07, 6.45) is 23.8. The highest BCUT2D eigenvalue weighted by atomic mass is 14.6. The predicted molar refractivity (Wildman–Crippen MR) is 88.7 cm³/mol. The van der Waals surface area contributed by atoms with Gasteiger partial charge < -0.3 is 0 Å². The Kier molecular flexibility index (Phi) is 3.25. The molecule has 0 heterocycles. The Morgan fingerprint density at radius 3 is 2.90 bits per heavy atom. The van der Waals surface area contributed by atoms with Crippen LogP contribution in [-0.4, -0.2) is 0 Å². The molecule has 0 aliphatic heterocycles. The van der Waals surface area contributed by atoms with Gasteiger partial charge >= 0.3 is 0 Å². The van der Waals surface area contributed by atoms with Crippen molar-refractivity contribution in [1.82, 2.24) is 0 Å². The van der Waals surface area contributed by atoms with Gasteiger partial charge in [0.25, 0.3) is 0 Å². The Balaban J connectivity index is 1.68. The zero-order valence-corrected chi connectivity index (χ0v) is 13.7. The second-order valence-electron chi connectivity index (χ2n) is 8.64. The van der Waals surface area contributed by atoms with Crippen molar-refractivity contribution in [1.29, 1.82) is 0 Å². The fourth-order valence-electron chi connectivity index (χ4n) is 7.00. The summed E-state index contributed by atoms with van der Waals surface area (Å²) in [6.45, 7) is 2.61. The lowest BCUT2D eigenvalue weighted by Gasteiger charge is -2.57. The van der Waals surface area contributed by atoms with Gasteiger partial charge in [0.2, 0.25) is 0 Å². The maximum Gasteiger partial charge on any atom is 0.0145 e. The van der Waals surface area contributed by atoms with Crippen LogP contribution < -0.4 is 0 Å². The van der Waals surface area contributed by atoms with Crippen molar-refractivity contribution in [3.63, 3.8) is 0 Å². The molecule has 0 aromatic heterocycles. The molecule has 0 saturated heterocycles. The summed E-state index contributed by atoms with van der Waals surface area (Å²) in [7, 11) is 0. The second kappa shape index (κ2) is 4.91. The molecule has 3 fully saturated rings. The summed E-state index contributed by atoms with van der Waals surface area (Å²) in [5.41, 5.74) is 2.91. The van der Waals surface area contributed by atoms with Crippen LogP contribution in [0.5, 0.6) is 0 Å². The minimum absolute atomic E-state index is 0.534. The van der Waals surface area contributed by atoms with Crippen molar-refractivity contribution in [3.8, 4) is 12.3 Å². The van der Waals surface area contributed by atoms with Gasteiger partial charge in [0.15, 0.2) is 0 Å². The predicted octanol–water partition coefficient (Wildman–Crippen LogP) is 5.73. The van der Waals surface area contributed by atoms with Crippen molar-refractivity contribution in [3.05, 3.63) is 11.6 Å². The van der Waals surface area contributed by atoms with Crippen LogP contribution in [0.2, 0.25) is 0 Å². The van der Waals surface area contributed by atoms with Crippen molar-refractivity contribution in [2.75, 3.05) is 0 Å². The van der Waals surface area contributed by atoms with Crippen molar-refractivity contribution >= 4 is 0 Å². The third-order valence-corrected chi connectivity index (χ3v) is 8.00. The van der Waals surface area contributed by atoms with Crippen molar-refractivity contribution in [2.24, 2.45) is 28.6 Å². The summed E-state index contributed by atoms with van der Waals surface area (Å²) < 4.78 is 0. The quantitative estimate of drug-likeness (QED) is 0.425. The fourth-order valence-corrected chi connectivity index (χ4v) is 7.00. The highest BCUT2D eigenvalue weighted by molar-refractivity contribution is 5.24. The molecule has 4 rings (SSSR count). The summed E-state index contributed by atoms with van der Waals surface area (Å²) in [6, 6.07) is 0. The average Bonchev–Trinajstić information content (AvgIpc) is 2.91. The highest BCUT2D eigenvalue weighted by Crippen LogP contribution is 2.65. The molecule has 0 amide bonds. The molecule has 0 bridgehead atoms. The van der Waals surface area contributed by atoms with Crippen molar-refractivity contribution in [2.45, 2.75) is 77.6 Å². The summed E-state index contributed by atoms with van der Waals surface area (Å²) >= 11 is 0. The Bertz CT molecular complexity index is 493. The average molecular weight is 282 g/mol. The fraction of sp³-hybridized carbons (Fsp3) is 0.810. The Hall–Kier alpha value is -0.700. The number of terminal acetylenes is 1. The van der Waals surface area contributed by atoms with Gasteiger partial charge in [-0.05, 0) is 80.0 Å². The molecule has 21 heavy (non-hydrogen) atoms. The minimum atomic E-state index is 0.534. The monoisotopic (exact) mass is 282 g/mol. The first-order chi connectivity index (χ1) is 10.2. The molecule has 0 spiro atoms. The molecule has 0 radical (unpaired) electrons. The highest BCUT2D eigenvalue weighted by Gasteiger charge is 2.56. The number of hydrogen-bond acceptors (Lipinski definition) is 0. The molecule has 0 N–H and O–H groups in total. The van der Waals surface area contributed by atoms with Crippen LogP contribution >= 0.6 is 0 Å². The third kappa shape index (κ3) is 1.89. The lowest BCUT2D eigenvalue weighted by molar-refractivity contribution is -0.0310. The standard InChI is InChI=1S/C21H30/c1-3-12-21-14-6-8-19(21)17-10-9-16-7-4-5-13-20(16,2)18(17)11-15-21/h1,9,17-19H,4-8,10-15H2,2H3/t17-,18+,19+,20+,21+/m1/s1. The van der Waals surface area contributed by atoms with Crippen LogP contribution in [0.15, 0.2) is 11.6 Å². The number of hydrogen-bond donors (Lipinski definition) is 0. The SMILES string of the molecule is C#CC[C@@]12CCC[C@H]1[C@@H]1CC=C3CCCC[C@]3(C)[C@H]1CC2. The smallest absolute Gasteiger partial charge is 0.0145 e. The molecule has 4 aliphatic carbocycles. The van der Waals surface area contributed by atoms with Crippen LogP contribution in [0.3, 0.4) is 0 Å². The van der Waals surface area contributed by atoms with E-state index in [-0.39, 0.29) is 0 Å².